The molecule has 148 valence electrons. The van der Waals surface area contributed by atoms with E-state index >= 15 is 0 Å². The van der Waals surface area contributed by atoms with Gasteiger partial charge in [-0.25, -0.2) is 9.59 Å². The van der Waals surface area contributed by atoms with Crippen molar-refractivity contribution in [2.24, 2.45) is 5.73 Å². The molecular formula is C23H22N2O4. The van der Waals surface area contributed by atoms with Gasteiger partial charge in [0.25, 0.3) is 0 Å². The Morgan fingerprint density at radius 1 is 0.793 bits per heavy atom. The van der Waals surface area contributed by atoms with Gasteiger partial charge in [0.1, 0.15) is 12.7 Å². The van der Waals surface area contributed by atoms with E-state index in [1.165, 1.54) is 0 Å². The van der Waals surface area contributed by atoms with Crippen LogP contribution in [-0.2, 0) is 9.47 Å². The number of anilines is 1. The number of rotatable bonds is 8. The highest BCUT2D eigenvalue weighted by Crippen LogP contribution is 2.25. The van der Waals surface area contributed by atoms with Gasteiger partial charge < -0.3 is 20.5 Å². The van der Waals surface area contributed by atoms with Crippen LogP contribution in [0.4, 0.5) is 10.5 Å². The molecule has 0 atom stereocenters. The Bertz CT molecular complexity index is 889. The summed E-state index contributed by atoms with van der Waals surface area (Å²) in [6.45, 7) is 0.373. The molecule has 0 aliphatic carbocycles. The van der Waals surface area contributed by atoms with Gasteiger partial charge in [-0.3, -0.25) is 0 Å². The Balaban J connectivity index is 1.55. The molecule has 3 N–H and O–H groups in total. The van der Waals surface area contributed by atoms with Gasteiger partial charge in [0, 0.05) is 5.69 Å². The zero-order valence-corrected chi connectivity index (χ0v) is 15.8. The number of esters is 1. The monoisotopic (exact) mass is 390 g/mol. The van der Waals surface area contributed by atoms with Crippen LogP contribution >= 0.6 is 0 Å². The van der Waals surface area contributed by atoms with Crippen LogP contribution in [0.15, 0.2) is 84.9 Å². The minimum atomic E-state index is -0.663. The SMILES string of the molecule is NC(=O)Nc1ccc(C(=O)OCCOC(c2ccccc2)c2ccccc2)cc1. The molecule has 3 aromatic rings. The van der Waals surface area contributed by atoms with Gasteiger partial charge in [0.15, 0.2) is 0 Å². The molecule has 0 aliphatic heterocycles. The van der Waals surface area contributed by atoms with Crippen LogP contribution < -0.4 is 11.1 Å². The Morgan fingerprint density at radius 2 is 1.34 bits per heavy atom. The van der Waals surface area contributed by atoms with Gasteiger partial charge in [0.05, 0.1) is 12.2 Å². The van der Waals surface area contributed by atoms with E-state index in [-0.39, 0.29) is 19.3 Å². The number of nitrogens with one attached hydrogen (secondary N) is 1. The number of carbonyl (C=O) groups excluding carboxylic acids is 2. The maximum absolute atomic E-state index is 12.2. The van der Waals surface area contributed by atoms with Crippen LogP contribution in [0.3, 0.4) is 0 Å². The molecule has 0 spiro atoms. The number of primary amides is 1. The minimum Gasteiger partial charge on any atom is -0.460 e. The smallest absolute Gasteiger partial charge is 0.338 e. The summed E-state index contributed by atoms with van der Waals surface area (Å²) in [4.78, 5) is 23.0. The van der Waals surface area contributed by atoms with Gasteiger partial charge in [-0.1, -0.05) is 60.7 Å². The van der Waals surface area contributed by atoms with Crippen molar-refractivity contribution in [1.29, 1.82) is 0 Å². The third kappa shape index (κ3) is 5.92. The Kier molecular flexibility index (Phi) is 6.97. The van der Waals surface area contributed by atoms with Crippen molar-refractivity contribution in [2.75, 3.05) is 18.5 Å². The molecule has 0 aliphatic rings. The third-order valence-electron chi connectivity index (χ3n) is 4.19. The quantitative estimate of drug-likeness (QED) is 0.447. The second kappa shape index (κ2) is 10.1. The summed E-state index contributed by atoms with van der Waals surface area (Å²) in [6, 6.07) is 25.4. The van der Waals surface area contributed by atoms with E-state index in [2.05, 4.69) is 5.32 Å². The molecule has 0 heterocycles. The average molecular weight is 390 g/mol. The minimum absolute atomic E-state index is 0.121. The Labute approximate surface area is 169 Å². The number of hydrogen-bond donors (Lipinski definition) is 2. The van der Waals surface area contributed by atoms with Crippen LogP contribution in [0.25, 0.3) is 0 Å². The number of ether oxygens (including phenoxy) is 2. The molecule has 0 fully saturated rings. The van der Waals surface area contributed by atoms with Crippen molar-refractivity contribution < 1.29 is 19.1 Å². The molecule has 0 aromatic heterocycles. The molecule has 0 saturated heterocycles. The third-order valence-corrected chi connectivity index (χ3v) is 4.19. The van der Waals surface area contributed by atoms with Crippen LogP contribution in [-0.4, -0.2) is 25.2 Å². The van der Waals surface area contributed by atoms with Gasteiger partial charge in [-0.05, 0) is 35.4 Å². The molecule has 0 unspecified atom stereocenters. The molecule has 29 heavy (non-hydrogen) atoms. The van der Waals surface area contributed by atoms with Crippen molar-refractivity contribution in [3.8, 4) is 0 Å². The van der Waals surface area contributed by atoms with E-state index in [0.717, 1.165) is 11.1 Å². The summed E-state index contributed by atoms with van der Waals surface area (Å²) in [5, 5.41) is 2.43. The Hall–Kier alpha value is -3.64. The lowest BCUT2D eigenvalue weighted by Gasteiger charge is -2.19. The fourth-order valence-corrected chi connectivity index (χ4v) is 2.86. The zero-order chi connectivity index (χ0) is 20.5. The fourth-order valence-electron chi connectivity index (χ4n) is 2.86. The molecule has 0 bridgehead atoms. The maximum atomic E-state index is 12.2. The first-order valence-electron chi connectivity index (χ1n) is 9.18. The predicted molar refractivity (Wildman–Crippen MR) is 111 cm³/mol. The predicted octanol–water partition coefficient (Wildman–Crippen LogP) is 4.14. The fraction of sp³-hybridized carbons (Fsp3) is 0.130. The lowest BCUT2D eigenvalue weighted by atomic mass is 10.0. The van der Waals surface area contributed by atoms with E-state index in [1.54, 1.807) is 24.3 Å². The lowest BCUT2D eigenvalue weighted by molar-refractivity contribution is 0.0179. The molecular weight excluding hydrogens is 368 g/mol. The molecule has 3 rings (SSSR count). The average Bonchev–Trinajstić information content (AvgIpc) is 2.75. The molecule has 6 heteroatoms. The lowest BCUT2D eigenvalue weighted by Crippen LogP contribution is -2.19. The first-order chi connectivity index (χ1) is 14.1. The number of carbonyl (C=O) groups is 2. The van der Waals surface area contributed by atoms with E-state index in [4.69, 9.17) is 15.2 Å². The van der Waals surface area contributed by atoms with Crippen molar-refractivity contribution >= 4 is 17.7 Å². The van der Waals surface area contributed by atoms with Crippen LogP contribution in [0, 0.1) is 0 Å². The zero-order valence-electron chi connectivity index (χ0n) is 15.8. The standard InChI is InChI=1S/C23H22N2O4/c24-23(27)25-20-13-11-19(12-14-20)22(26)29-16-15-28-21(17-7-3-1-4-8-17)18-9-5-2-6-10-18/h1-14,21H,15-16H2,(H3,24,25,27). The van der Waals surface area contributed by atoms with Gasteiger partial charge in [-0.2, -0.15) is 0 Å². The molecule has 0 saturated carbocycles. The highest BCUT2D eigenvalue weighted by Gasteiger charge is 2.15. The summed E-state index contributed by atoms with van der Waals surface area (Å²) < 4.78 is 11.3. The summed E-state index contributed by atoms with van der Waals surface area (Å²) >= 11 is 0. The number of hydrogen-bond acceptors (Lipinski definition) is 4. The maximum Gasteiger partial charge on any atom is 0.338 e. The molecule has 6 nitrogen and oxygen atoms in total. The van der Waals surface area contributed by atoms with Crippen LogP contribution in [0.5, 0.6) is 0 Å². The summed E-state index contributed by atoms with van der Waals surface area (Å²) in [5.74, 6) is -0.463. The van der Waals surface area contributed by atoms with Gasteiger partial charge in [0.2, 0.25) is 0 Å². The second-order valence-corrected chi connectivity index (χ2v) is 6.27. The van der Waals surface area contributed by atoms with Gasteiger partial charge in [-0.15, -0.1) is 0 Å². The second-order valence-electron chi connectivity index (χ2n) is 6.27. The van der Waals surface area contributed by atoms with Crippen LogP contribution in [0.1, 0.15) is 27.6 Å². The van der Waals surface area contributed by atoms with Crippen molar-refractivity contribution in [2.45, 2.75) is 6.10 Å². The van der Waals surface area contributed by atoms with E-state index in [9.17, 15) is 9.59 Å². The molecule has 3 aromatic carbocycles. The normalized spacial score (nSPS) is 10.5. The summed E-state index contributed by atoms with van der Waals surface area (Å²) in [5.41, 5.74) is 8.00. The summed E-state index contributed by atoms with van der Waals surface area (Å²) in [6.07, 6.45) is -0.241. The highest BCUT2D eigenvalue weighted by molar-refractivity contribution is 5.91. The van der Waals surface area contributed by atoms with Gasteiger partial charge >= 0.3 is 12.0 Å². The van der Waals surface area contributed by atoms with Crippen molar-refractivity contribution in [3.05, 3.63) is 102 Å². The number of amides is 2. The number of benzene rings is 3. The molecule has 0 radical (unpaired) electrons. The van der Waals surface area contributed by atoms with Crippen molar-refractivity contribution in [1.82, 2.24) is 0 Å². The number of nitrogens with two attached hydrogens (primary N) is 1. The summed E-state index contributed by atoms with van der Waals surface area (Å²) in [7, 11) is 0. The van der Waals surface area contributed by atoms with Crippen molar-refractivity contribution in [3.63, 3.8) is 0 Å². The number of urea groups is 1. The van der Waals surface area contributed by atoms with E-state index in [0.29, 0.717) is 11.3 Å². The largest absolute Gasteiger partial charge is 0.460 e. The first-order valence-corrected chi connectivity index (χ1v) is 9.18. The highest BCUT2D eigenvalue weighted by atomic mass is 16.6. The van der Waals surface area contributed by atoms with Crippen LogP contribution in [0.2, 0.25) is 0 Å². The molecule has 2 amide bonds. The topological polar surface area (TPSA) is 90.7 Å². The Morgan fingerprint density at radius 3 is 1.86 bits per heavy atom. The van der Waals surface area contributed by atoms with E-state index < -0.39 is 12.0 Å². The first kappa shape index (κ1) is 20.1. The van der Waals surface area contributed by atoms with E-state index in [1.807, 2.05) is 60.7 Å².